The Bertz CT molecular complexity index is 1110. The molecule has 0 aliphatic rings. The second kappa shape index (κ2) is 7.73. The topological polar surface area (TPSA) is 128 Å². The molecule has 9 heteroatoms. The van der Waals surface area contributed by atoms with Gasteiger partial charge in [-0.05, 0) is 31.2 Å². The number of thioether (sulfide) groups is 1. The van der Waals surface area contributed by atoms with Crippen molar-refractivity contribution in [3.63, 3.8) is 0 Å². The van der Waals surface area contributed by atoms with E-state index in [1.165, 1.54) is 5.56 Å². The number of hydrogen-bond donors (Lipinski definition) is 2. The lowest BCUT2D eigenvalue weighted by Crippen LogP contribution is -1.93. The number of anilines is 1. The highest BCUT2D eigenvalue weighted by molar-refractivity contribution is 7.98. The summed E-state index contributed by atoms with van der Waals surface area (Å²) in [7, 11) is 0. The maximum atomic E-state index is 8.12. The Kier molecular flexibility index (Phi) is 5.21. The third-order valence-electron chi connectivity index (χ3n) is 3.55. The highest BCUT2D eigenvalue weighted by atomic mass is 32.2. The molecule has 0 saturated heterocycles. The predicted octanol–water partition coefficient (Wildman–Crippen LogP) is 2.50. The van der Waals surface area contributed by atoms with Crippen molar-refractivity contribution < 1.29 is 9.59 Å². The molecule has 0 aliphatic carbocycles. The standard InChI is InChI=1S/C16H14N6S.CO2/c1-9-2-5-12-10(6-9)3-4-11(18-12)8-23-13-7-14(17)19-16-15(13)20-22-21-16;2-1-3/h2-7H,8H2,1H3,(H3,17,19,20,21,22);. The van der Waals surface area contributed by atoms with E-state index in [1.807, 2.05) is 6.07 Å². The third-order valence-corrected chi connectivity index (χ3v) is 4.62. The van der Waals surface area contributed by atoms with Gasteiger partial charge in [-0.3, -0.25) is 4.98 Å². The van der Waals surface area contributed by atoms with Crippen LogP contribution in [0.5, 0.6) is 0 Å². The molecule has 0 unspecified atom stereocenters. The molecule has 8 nitrogen and oxygen atoms in total. The van der Waals surface area contributed by atoms with Crippen LogP contribution in [0, 0.1) is 6.92 Å². The van der Waals surface area contributed by atoms with Gasteiger partial charge in [-0.25, -0.2) is 4.98 Å². The van der Waals surface area contributed by atoms with Gasteiger partial charge in [0.1, 0.15) is 11.3 Å². The maximum Gasteiger partial charge on any atom is 0.373 e. The molecule has 0 radical (unpaired) electrons. The molecule has 0 aliphatic heterocycles. The van der Waals surface area contributed by atoms with E-state index in [2.05, 4.69) is 57.7 Å². The molecule has 4 rings (SSSR count). The average molecular weight is 366 g/mol. The molecular weight excluding hydrogens is 352 g/mol. The number of H-pyrrole nitrogens is 1. The first-order valence-corrected chi connectivity index (χ1v) is 8.54. The normalized spacial score (nSPS) is 10.3. The number of carbonyl (C=O) groups excluding carboxylic acids is 2. The van der Waals surface area contributed by atoms with Crippen LogP contribution in [0.1, 0.15) is 11.3 Å². The Morgan fingerprint density at radius 2 is 1.92 bits per heavy atom. The smallest absolute Gasteiger partial charge is 0.373 e. The van der Waals surface area contributed by atoms with Crippen LogP contribution in [-0.2, 0) is 15.3 Å². The number of nitrogens with zero attached hydrogens (tertiary/aromatic N) is 4. The van der Waals surface area contributed by atoms with Gasteiger partial charge < -0.3 is 5.73 Å². The number of aromatic amines is 1. The molecule has 0 saturated carbocycles. The van der Waals surface area contributed by atoms with Gasteiger partial charge >= 0.3 is 6.15 Å². The first-order valence-electron chi connectivity index (χ1n) is 7.56. The summed E-state index contributed by atoms with van der Waals surface area (Å²) in [6, 6.07) is 12.3. The number of nitrogens with one attached hydrogen (secondary N) is 1. The van der Waals surface area contributed by atoms with Crippen molar-refractivity contribution in [2.24, 2.45) is 0 Å². The van der Waals surface area contributed by atoms with Gasteiger partial charge in [-0.2, -0.15) is 19.9 Å². The van der Waals surface area contributed by atoms with E-state index in [0.29, 0.717) is 11.5 Å². The molecule has 0 amide bonds. The lowest BCUT2D eigenvalue weighted by atomic mass is 10.1. The SMILES string of the molecule is Cc1ccc2nc(CSc3cc(N)nc4n[nH]nc34)ccc2c1.O=C=O. The van der Waals surface area contributed by atoms with Crippen LogP contribution >= 0.6 is 11.8 Å². The Hall–Kier alpha value is -3.29. The molecule has 0 spiro atoms. The maximum absolute atomic E-state index is 8.12. The number of rotatable bonds is 3. The fourth-order valence-electron chi connectivity index (χ4n) is 2.46. The Morgan fingerprint density at radius 3 is 2.73 bits per heavy atom. The zero-order valence-electron chi connectivity index (χ0n) is 13.8. The summed E-state index contributed by atoms with van der Waals surface area (Å²) in [5, 5.41) is 11.9. The number of nitrogens with two attached hydrogens (primary N) is 1. The zero-order valence-corrected chi connectivity index (χ0v) is 14.6. The second-order valence-corrected chi connectivity index (χ2v) is 6.43. The lowest BCUT2D eigenvalue weighted by molar-refractivity contribution is -0.191. The number of aromatic nitrogens is 5. The molecule has 1 aromatic carbocycles. The molecule has 3 aromatic heterocycles. The first kappa shape index (κ1) is 17.5. The fourth-order valence-corrected chi connectivity index (χ4v) is 3.40. The molecule has 3 N–H and O–H groups in total. The summed E-state index contributed by atoms with van der Waals surface area (Å²) in [5.41, 5.74) is 10.4. The van der Waals surface area contributed by atoms with E-state index < -0.39 is 0 Å². The third kappa shape index (κ3) is 3.85. The highest BCUT2D eigenvalue weighted by Crippen LogP contribution is 2.29. The molecule has 3 heterocycles. The minimum Gasteiger partial charge on any atom is -0.384 e. The highest BCUT2D eigenvalue weighted by Gasteiger charge is 2.09. The van der Waals surface area contributed by atoms with Crippen molar-refractivity contribution in [1.29, 1.82) is 0 Å². The van der Waals surface area contributed by atoms with Crippen LogP contribution < -0.4 is 5.73 Å². The average Bonchev–Trinajstić information content (AvgIpc) is 3.08. The van der Waals surface area contributed by atoms with Crippen molar-refractivity contribution in [2.45, 2.75) is 17.6 Å². The molecule has 0 atom stereocenters. The summed E-state index contributed by atoms with van der Waals surface area (Å²) < 4.78 is 0. The Labute approximate surface area is 152 Å². The molecule has 4 aromatic rings. The van der Waals surface area contributed by atoms with E-state index in [9.17, 15) is 0 Å². The fraction of sp³-hybridized carbons (Fsp3) is 0.118. The van der Waals surface area contributed by atoms with Crippen LogP contribution in [0.15, 0.2) is 41.3 Å². The molecule has 0 fully saturated rings. The summed E-state index contributed by atoms with van der Waals surface area (Å²) in [4.78, 5) is 26.1. The van der Waals surface area contributed by atoms with Crippen LogP contribution in [0.25, 0.3) is 22.1 Å². The lowest BCUT2D eigenvalue weighted by Gasteiger charge is -2.05. The molecule has 130 valence electrons. The number of fused-ring (bicyclic) bond motifs is 2. The first-order chi connectivity index (χ1) is 12.6. The van der Waals surface area contributed by atoms with E-state index in [1.54, 1.807) is 11.8 Å². The number of benzene rings is 1. The number of aryl methyl sites for hydroxylation is 1. The van der Waals surface area contributed by atoms with Crippen molar-refractivity contribution in [3.05, 3.63) is 47.7 Å². The number of nitrogen functional groups attached to an aromatic ring is 1. The van der Waals surface area contributed by atoms with Crippen molar-refractivity contribution in [3.8, 4) is 0 Å². The number of hydrogen-bond acceptors (Lipinski definition) is 8. The van der Waals surface area contributed by atoms with Crippen LogP contribution in [-0.4, -0.2) is 31.5 Å². The van der Waals surface area contributed by atoms with E-state index in [-0.39, 0.29) is 6.15 Å². The second-order valence-electron chi connectivity index (χ2n) is 5.41. The quantitative estimate of drug-likeness (QED) is 0.529. The van der Waals surface area contributed by atoms with Gasteiger partial charge in [0.05, 0.1) is 11.2 Å². The van der Waals surface area contributed by atoms with Crippen LogP contribution in [0.4, 0.5) is 5.82 Å². The minimum absolute atomic E-state index is 0.250. The van der Waals surface area contributed by atoms with E-state index in [4.69, 9.17) is 20.3 Å². The van der Waals surface area contributed by atoms with Crippen molar-refractivity contribution in [2.75, 3.05) is 5.73 Å². The summed E-state index contributed by atoms with van der Waals surface area (Å²) in [6.07, 6.45) is 0.250. The Morgan fingerprint density at radius 1 is 1.12 bits per heavy atom. The van der Waals surface area contributed by atoms with Gasteiger partial charge in [0, 0.05) is 16.0 Å². The summed E-state index contributed by atoms with van der Waals surface area (Å²) >= 11 is 1.63. The predicted molar refractivity (Wildman–Crippen MR) is 97.1 cm³/mol. The van der Waals surface area contributed by atoms with Crippen molar-refractivity contribution in [1.82, 2.24) is 25.4 Å². The van der Waals surface area contributed by atoms with Gasteiger partial charge in [-0.15, -0.1) is 16.9 Å². The molecular formula is C17H14N6O2S. The minimum atomic E-state index is 0.250. The van der Waals surface area contributed by atoms with Gasteiger partial charge in [0.25, 0.3) is 0 Å². The Balaban J connectivity index is 0.000000613. The number of pyridine rings is 2. The monoisotopic (exact) mass is 366 g/mol. The van der Waals surface area contributed by atoms with Gasteiger partial charge in [0.2, 0.25) is 5.65 Å². The molecule has 0 bridgehead atoms. The van der Waals surface area contributed by atoms with Gasteiger partial charge in [0.15, 0.2) is 0 Å². The zero-order chi connectivity index (χ0) is 18.5. The van der Waals surface area contributed by atoms with Gasteiger partial charge in [-0.1, -0.05) is 17.7 Å². The van der Waals surface area contributed by atoms with Crippen molar-refractivity contribution >= 4 is 45.8 Å². The van der Waals surface area contributed by atoms with E-state index in [0.717, 1.165) is 32.8 Å². The summed E-state index contributed by atoms with van der Waals surface area (Å²) in [6.45, 7) is 2.08. The van der Waals surface area contributed by atoms with E-state index >= 15 is 0 Å². The molecule has 26 heavy (non-hydrogen) atoms. The van der Waals surface area contributed by atoms with Crippen LogP contribution in [0.2, 0.25) is 0 Å². The summed E-state index contributed by atoms with van der Waals surface area (Å²) in [5.74, 6) is 1.17. The van der Waals surface area contributed by atoms with Crippen LogP contribution in [0.3, 0.4) is 0 Å². The largest absolute Gasteiger partial charge is 0.384 e.